The van der Waals surface area contributed by atoms with Gasteiger partial charge < -0.3 is 9.64 Å². The maximum atomic E-state index is 13.5. The van der Waals surface area contributed by atoms with Gasteiger partial charge in [0.05, 0.1) is 7.11 Å². The van der Waals surface area contributed by atoms with Crippen LogP contribution in [0.4, 0.5) is 13.6 Å². The Kier molecular flexibility index (Phi) is 4.69. The number of nitrogens with zero attached hydrogens (tertiary/aromatic N) is 1. The molecule has 17 heavy (non-hydrogen) atoms. The van der Waals surface area contributed by atoms with Crippen LogP contribution >= 0.6 is 11.6 Å². The normalized spacial score (nSPS) is 10.2. The molecule has 1 aromatic rings. The highest BCUT2D eigenvalue weighted by Crippen LogP contribution is 2.21. The Morgan fingerprint density at radius 3 is 2.59 bits per heavy atom. The predicted octanol–water partition coefficient (Wildman–Crippen LogP) is 2.81. The van der Waals surface area contributed by atoms with E-state index in [2.05, 4.69) is 4.74 Å². The van der Waals surface area contributed by atoms with Crippen LogP contribution in [0.3, 0.4) is 0 Å². The molecule has 0 saturated heterocycles. The number of rotatable bonds is 4. The molecule has 1 aromatic carbocycles. The van der Waals surface area contributed by atoms with Gasteiger partial charge in [0.1, 0.15) is 5.82 Å². The first-order chi connectivity index (χ1) is 7.95. The van der Waals surface area contributed by atoms with E-state index in [4.69, 9.17) is 11.6 Å². The van der Waals surface area contributed by atoms with Gasteiger partial charge >= 0.3 is 5.37 Å². The Balaban J connectivity index is 2.78. The number of halogens is 3. The van der Waals surface area contributed by atoms with Crippen LogP contribution in [0.2, 0.25) is 0 Å². The standard InChI is InChI=1S/C11H12ClF2NO2/c1-15(11(12)16)4-3-7-5-9(14)10(17-2)6-8(7)13/h5-6H,3-4H2,1-2H3. The molecule has 0 aliphatic rings. The van der Waals surface area contributed by atoms with Crippen molar-refractivity contribution in [2.75, 3.05) is 20.7 Å². The summed E-state index contributed by atoms with van der Waals surface area (Å²) in [5.41, 5.74) is 0.174. The molecule has 0 N–H and O–H groups in total. The Morgan fingerprint density at radius 2 is 2.06 bits per heavy atom. The van der Waals surface area contributed by atoms with Crippen molar-refractivity contribution in [2.45, 2.75) is 6.42 Å². The van der Waals surface area contributed by atoms with Crippen LogP contribution in [-0.4, -0.2) is 31.0 Å². The van der Waals surface area contributed by atoms with Gasteiger partial charge in [-0.15, -0.1) is 0 Å². The van der Waals surface area contributed by atoms with Crippen LogP contribution in [0.15, 0.2) is 12.1 Å². The summed E-state index contributed by atoms with van der Waals surface area (Å²) >= 11 is 5.21. The molecule has 0 radical (unpaired) electrons. The molecule has 94 valence electrons. The second-order valence-corrected chi connectivity index (χ2v) is 3.83. The number of methoxy groups -OCH3 is 1. The molecule has 0 atom stereocenters. The van der Waals surface area contributed by atoms with E-state index in [1.54, 1.807) is 0 Å². The summed E-state index contributed by atoms with van der Waals surface area (Å²) in [7, 11) is 2.74. The van der Waals surface area contributed by atoms with Crippen LogP contribution in [0.1, 0.15) is 5.56 Å². The molecule has 0 bridgehead atoms. The third kappa shape index (κ3) is 3.56. The summed E-state index contributed by atoms with van der Waals surface area (Å²) in [5, 5.41) is -0.639. The predicted molar refractivity (Wildman–Crippen MR) is 60.5 cm³/mol. The van der Waals surface area contributed by atoms with Crippen molar-refractivity contribution in [2.24, 2.45) is 0 Å². The molecule has 0 saturated carbocycles. The smallest absolute Gasteiger partial charge is 0.316 e. The lowest BCUT2D eigenvalue weighted by molar-refractivity contribution is 0.232. The molecule has 1 amide bonds. The third-order valence-electron chi connectivity index (χ3n) is 2.34. The lowest BCUT2D eigenvalue weighted by Crippen LogP contribution is -2.23. The first-order valence-electron chi connectivity index (χ1n) is 4.88. The Morgan fingerprint density at radius 1 is 1.41 bits per heavy atom. The Hall–Kier alpha value is -1.36. The zero-order valence-corrected chi connectivity index (χ0v) is 10.2. The van der Waals surface area contributed by atoms with Gasteiger partial charge in [0.2, 0.25) is 0 Å². The van der Waals surface area contributed by atoms with Gasteiger partial charge in [-0.1, -0.05) is 0 Å². The van der Waals surface area contributed by atoms with Gasteiger partial charge in [0, 0.05) is 19.7 Å². The van der Waals surface area contributed by atoms with Gasteiger partial charge in [0.25, 0.3) is 0 Å². The summed E-state index contributed by atoms with van der Waals surface area (Å²) in [6, 6.07) is 2.04. The number of benzene rings is 1. The Labute approximate surface area is 103 Å². The molecule has 0 heterocycles. The molecule has 0 unspecified atom stereocenters. The number of likely N-dealkylation sites (N-methyl/N-ethyl adjacent to an activating group) is 1. The number of carbonyl (C=O) groups is 1. The molecular formula is C11H12ClF2NO2. The zero-order valence-electron chi connectivity index (χ0n) is 9.47. The van der Waals surface area contributed by atoms with E-state index in [1.807, 2.05) is 0 Å². The van der Waals surface area contributed by atoms with Crippen LogP contribution in [0.25, 0.3) is 0 Å². The fourth-order valence-electron chi connectivity index (χ4n) is 1.29. The summed E-state index contributed by atoms with van der Waals surface area (Å²) in [6.45, 7) is 0.213. The van der Waals surface area contributed by atoms with Crippen LogP contribution in [0, 0.1) is 11.6 Å². The summed E-state index contributed by atoms with van der Waals surface area (Å²) in [4.78, 5) is 11.9. The molecule has 0 aromatic heterocycles. The second-order valence-electron chi connectivity index (χ2n) is 3.50. The molecule has 6 heteroatoms. The molecule has 3 nitrogen and oxygen atoms in total. The maximum Gasteiger partial charge on any atom is 0.316 e. The van der Waals surface area contributed by atoms with E-state index >= 15 is 0 Å². The minimum absolute atomic E-state index is 0.145. The third-order valence-corrected chi connectivity index (χ3v) is 2.63. The lowest BCUT2D eigenvalue weighted by Gasteiger charge is -2.13. The highest BCUT2D eigenvalue weighted by molar-refractivity contribution is 6.62. The van der Waals surface area contributed by atoms with E-state index in [0.29, 0.717) is 0 Å². The monoisotopic (exact) mass is 263 g/mol. The quantitative estimate of drug-likeness (QED) is 0.618. The average Bonchev–Trinajstić information content (AvgIpc) is 2.29. The van der Waals surface area contributed by atoms with E-state index in [9.17, 15) is 13.6 Å². The van der Waals surface area contributed by atoms with Gasteiger partial charge in [-0.05, 0) is 29.7 Å². The van der Waals surface area contributed by atoms with E-state index in [0.717, 1.165) is 12.1 Å². The first kappa shape index (κ1) is 13.7. The fourth-order valence-corrected chi connectivity index (χ4v) is 1.38. The lowest BCUT2D eigenvalue weighted by atomic mass is 10.1. The van der Waals surface area contributed by atoms with Crippen molar-refractivity contribution in [1.29, 1.82) is 0 Å². The number of hydrogen-bond donors (Lipinski definition) is 0. The first-order valence-corrected chi connectivity index (χ1v) is 5.26. The SMILES string of the molecule is COc1cc(F)c(CCN(C)C(=O)Cl)cc1F. The van der Waals surface area contributed by atoms with Gasteiger partial charge in [-0.3, -0.25) is 4.79 Å². The van der Waals surface area contributed by atoms with E-state index < -0.39 is 17.0 Å². The van der Waals surface area contributed by atoms with Crippen molar-refractivity contribution in [3.8, 4) is 5.75 Å². The van der Waals surface area contributed by atoms with E-state index in [1.165, 1.54) is 19.1 Å². The second kappa shape index (κ2) is 5.82. The minimum atomic E-state index is -0.639. The molecule has 0 fully saturated rings. The minimum Gasteiger partial charge on any atom is -0.494 e. The van der Waals surface area contributed by atoms with Crippen molar-refractivity contribution in [1.82, 2.24) is 4.90 Å². The highest BCUT2D eigenvalue weighted by atomic mass is 35.5. The molecule has 0 aliphatic heterocycles. The summed E-state index contributed by atoms with van der Waals surface area (Å²) < 4.78 is 31.4. The zero-order chi connectivity index (χ0) is 13.0. The van der Waals surface area contributed by atoms with Crippen molar-refractivity contribution < 1.29 is 18.3 Å². The van der Waals surface area contributed by atoms with E-state index in [-0.39, 0.29) is 24.3 Å². The van der Waals surface area contributed by atoms with Gasteiger partial charge in [-0.25, -0.2) is 8.78 Å². The van der Waals surface area contributed by atoms with Crippen molar-refractivity contribution in [3.63, 3.8) is 0 Å². The van der Waals surface area contributed by atoms with Crippen molar-refractivity contribution in [3.05, 3.63) is 29.3 Å². The average molecular weight is 264 g/mol. The largest absolute Gasteiger partial charge is 0.494 e. The van der Waals surface area contributed by atoms with Crippen LogP contribution in [0.5, 0.6) is 5.75 Å². The van der Waals surface area contributed by atoms with Gasteiger partial charge in [-0.2, -0.15) is 0 Å². The molecule has 0 aliphatic carbocycles. The fraction of sp³-hybridized carbons (Fsp3) is 0.364. The molecular weight excluding hydrogens is 252 g/mol. The number of ether oxygens (including phenoxy) is 1. The van der Waals surface area contributed by atoms with Gasteiger partial charge in [0.15, 0.2) is 11.6 Å². The molecule has 0 spiro atoms. The highest BCUT2D eigenvalue weighted by Gasteiger charge is 2.12. The number of amides is 1. The van der Waals surface area contributed by atoms with Crippen molar-refractivity contribution >= 4 is 17.0 Å². The summed E-state index contributed by atoms with van der Waals surface area (Å²) in [5.74, 6) is -1.35. The number of carbonyl (C=O) groups excluding carboxylic acids is 1. The number of hydrogen-bond acceptors (Lipinski definition) is 2. The molecule has 1 rings (SSSR count). The maximum absolute atomic E-state index is 13.5. The topological polar surface area (TPSA) is 29.5 Å². The van der Waals surface area contributed by atoms with Crippen LogP contribution < -0.4 is 4.74 Å². The van der Waals surface area contributed by atoms with Crippen LogP contribution in [-0.2, 0) is 6.42 Å². The Bertz CT molecular complexity index is 426. The summed E-state index contributed by atoms with van der Waals surface area (Å²) in [6.07, 6.45) is 0.182.